The highest BCUT2D eigenvalue weighted by Gasteiger charge is 2.33. The minimum Gasteiger partial charge on any atom is -0.406 e. The molecule has 206 valence electrons. The molecule has 0 fully saturated rings. The summed E-state index contributed by atoms with van der Waals surface area (Å²) >= 11 is 1.27. The van der Waals surface area contributed by atoms with Crippen molar-refractivity contribution < 1.29 is 22.7 Å². The molecular weight excluding hydrogens is 513 g/mol. The molecule has 1 aromatic carbocycles. The van der Waals surface area contributed by atoms with Gasteiger partial charge in [-0.2, -0.15) is 13.2 Å². The molecule has 38 heavy (non-hydrogen) atoms. The zero-order chi connectivity index (χ0) is 27.7. The number of anilines is 2. The number of hydrogen-bond donors (Lipinski definition) is 2. The number of benzene rings is 1. The first-order chi connectivity index (χ1) is 18.1. The summed E-state index contributed by atoms with van der Waals surface area (Å²) in [7, 11) is 0. The van der Waals surface area contributed by atoms with Crippen LogP contribution in [-0.2, 0) is 17.4 Å². The van der Waals surface area contributed by atoms with Crippen LogP contribution in [0.2, 0.25) is 0 Å². The number of rotatable bonds is 13. The third-order valence-corrected chi connectivity index (χ3v) is 6.96. The molecule has 3 rings (SSSR count). The van der Waals surface area contributed by atoms with Crippen LogP contribution < -0.4 is 15.8 Å². The molecule has 3 aromatic rings. The van der Waals surface area contributed by atoms with Crippen molar-refractivity contribution in [2.45, 2.75) is 77.9 Å². The molecule has 0 aliphatic rings. The molecular formula is C28H35F3N4O2S. The molecule has 0 aliphatic heterocycles. The number of nitrogens with one attached hydrogen (secondary N) is 1. The average molecular weight is 549 g/mol. The molecule has 0 aliphatic carbocycles. The topological polar surface area (TPSA) is 90.1 Å². The number of aromatic nitrogens is 2. The number of pyridine rings is 1. The van der Waals surface area contributed by atoms with E-state index in [4.69, 9.17) is 10.5 Å². The van der Waals surface area contributed by atoms with E-state index in [-0.39, 0.29) is 11.8 Å². The second-order valence-corrected chi connectivity index (χ2v) is 10.5. The molecule has 10 heteroatoms. The van der Waals surface area contributed by atoms with Crippen molar-refractivity contribution in [3.63, 3.8) is 0 Å². The van der Waals surface area contributed by atoms with E-state index in [1.807, 2.05) is 13.8 Å². The van der Waals surface area contributed by atoms with Crippen LogP contribution in [-0.4, -0.2) is 22.0 Å². The number of carbonyl (C=O) groups excluding carboxylic acids is 1. The Balaban J connectivity index is 1.65. The van der Waals surface area contributed by atoms with Crippen molar-refractivity contribution in [3.05, 3.63) is 53.0 Å². The van der Waals surface area contributed by atoms with E-state index < -0.39 is 23.8 Å². The van der Waals surface area contributed by atoms with Crippen LogP contribution in [0.3, 0.4) is 0 Å². The summed E-state index contributed by atoms with van der Waals surface area (Å²) in [5.41, 5.74) is 7.10. The maximum atomic E-state index is 13.8. The maximum Gasteiger partial charge on any atom is 0.416 e. The number of nitrogens with zero attached hydrogens (tertiary/aromatic N) is 2. The molecule has 1 atom stereocenters. The Morgan fingerprint density at radius 1 is 1.11 bits per heavy atom. The van der Waals surface area contributed by atoms with Gasteiger partial charge >= 0.3 is 12.1 Å². The largest absolute Gasteiger partial charge is 0.416 e. The molecule has 0 amide bonds. The smallest absolute Gasteiger partial charge is 0.406 e. The first-order valence-electron chi connectivity index (χ1n) is 12.9. The van der Waals surface area contributed by atoms with E-state index in [0.29, 0.717) is 34.1 Å². The summed E-state index contributed by atoms with van der Waals surface area (Å²) in [6, 6.07) is 6.88. The Morgan fingerprint density at radius 2 is 1.84 bits per heavy atom. The average Bonchev–Trinajstić information content (AvgIpc) is 3.34. The highest BCUT2D eigenvalue weighted by Crippen LogP contribution is 2.36. The normalized spacial score (nSPS) is 12.5. The van der Waals surface area contributed by atoms with Crippen LogP contribution in [0.15, 0.2) is 41.9 Å². The fourth-order valence-electron chi connectivity index (χ4n) is 3.85. The maximum absolute atomic E-state index is 13.8. The lowest BCUT2D eigenvalue weighted by Gasteiger charge is -2.15. The molecule has 0 spiro atoms. The van der Waals surface area contributed by atoms with Gasteiger partial charge < -0.3 is 15.8 Å². The van der Waals surface area contributed by atoms with Gasteiger partial charge in [0.25, 0.3) is 0 Å². The van der Waals surface area contributed by atoms with Crippen molar-refractivity contribution in [1.29, 1.82) is 0 Å². The number of ether oxygens (including phenoxy) is 1. The Hall–Kier alpha value is -2.98. The second kappa shape index (κ2) is 13.7. The minimum absolute atomic E-state index is 0.0635. The van der Waals surface area contributed by atoms with E-state index >= 15 is 0 Å². The first kappa shape index (κ1) is 29.6. The molecule has 6 nitrogen and oxygen atoms in total. The van der Waals surface area contributed by atoms with Gasteiger partial charge in [-0.25, -0.2) is 14.8 Å². The standard InChI is InChI=1S/C28H35F3N4O2S/c1-4-5-6-7-8-9-10-19-11-13-21(15-22(19)28(29,30)31)34-27-35-23(17-38-27)20-12-14-24(33-16-20)37-26(36)25(32)18(2)3/h11-18,25H,4-10,32H2,1-3H3,(H,34,35). The van der Waals surface area contributed by atoms with E-state index in [0.717, 1.165) is 44.6 Å². The van der Waals surface area contributed by atoms with E-state index in [9.17, 15) is 18.0 Å². The number of halogens is 3. The Kier molecular flexibility index (Phi) is 10.7. The number of hydrogen-bond acceptors (Lipinski definition) is 7. The number of esters is 1. The zero-order valence-corrected chi connectivity index (χ0v) is 22.8. The van der Waals surface area contributed by atoms with Crippen LogP contribution >= 0.6 is 11.3 Å². The van der Waals surface area contributed by atoms with Gasteiger partial charge in [-0.05, 0) is 42.5 Å². The highest BCUT2D eigenvalue weighted by atomic mass is 32.1. The molecule has 2 heterocycles. The number of aryl methyl sites for hydroxylation is 1. The lowest BCUT2D eigenvalue weighted by atomic mass is 9.99. The lowest BCUT2D eigenvalue weighted by Crippen LogP contribution is -2.38. The predicted molar refractivity (Wildman–Crippen MR) is 146 cm³/mol. The van der Waals surface area contributed by atoms with E-state index in [2.05, 4.69) is 22.2 Å². The first-order valence-corrected chi connectivity index (χ1v) is 13.8. The van der Waals surface area contributed by atoms with Crippen LogP contribution in [0, 0.1) is 5.92 Å². The monoisotopic (exact) mass is 548 g/mol. The van der Waals surface area contributed by atoms with Crippen molar-refractivity contribution in [2.75, 3.05) is 5.32 Å². The summed E-state index contributed by atoms with van der Waals surface area (Å²) < 4.78 is 46.5. The van der Waals surface area contributed by atoms with Gasteiger partial charge in [-0.15, -0.1) is 11.3 Å². The van der Waals surface area contributed by atoms with E-state index in [1.165, 1.54) is 17.5 Å². The third kappa shape index (κ3) is 8.52. The van der Waals surface area contributed by atoms with Crippen molar-refractivity contribution in [2.24, 2.45) is 11.7 Å². The summed E-state index contributed by atoms with van der Waals surface area (Å²) in [5, 5.41) is 5.22. The SMILES string of the molecule is CCCCCCCCc1ccc(Nc2nc(-c3ccc(OC(=O)C(N)C(C)C)nc3)cs2)cc1C(F)(F)F. The number of thiazole rings is 1. The second-order valence-electron chi connectivity index (χ2n) is 9.63. The summed E-state index contributed by atoms with van der Waals surface area (Å²) in [6.07, 6.45) is 3.65. The molecule has 0 radical (unpaired) electrons. The van der Waals surface area contributed by atoms with Gasteiger partial charge in [0.2, 0.25) is 5.88 Å². The highest BCUT2D eigenvalue weighted by molar-refractivity contribution is 7.14. The number of alkyl halides is 3. The fraction of sp³-hybridized carbons (Fsp3) is 0.464. The van der Waals surface area contributed by atoms with Gasteiger partial charge in [0.05, 0.1) is 11.3 Å². The third-order valence-electron chi connectivity index (χ3n) is 6.20. The molecule has 0 saturated carbocycles. The van der Waals surface area contributed by atoms with Gasteiger partial charge in [-0.3, -0.25) is 0 Å². The lowest BCUT2D eigenvalue weighted by molar-refractivity contribution is -0.138. The summed E-state index contributed by atoms with van der Waals surface area (Å²) in [6.45, 7) is 5.79. The van der Waals surface area contributed by atoms with Gasteiger partial charge in [0.15, 0.2) is 5.13 Å². The minimum atomic E-state index is -4.43. The zero-order valence-electron chi connectivity index (χ0n) is 22.0. The van der Waals surface area contributed by atoms with Crippen LogP contribution in [0.5, 0.6) is 5.88 Å². The van der Waals surface area contributed by atoms with Gasteiger partial charge in [0.1, 0.15) is 6.04 Å². The Morgan fingerprint density at radius 3 is 2.50 bits per heavy atom. The van der Waals surface area contributed by atoms with Crippen LogP contribution in [0.1, 0.15) is 70.4 Å². The van der Waals surface area contributed by atoms with Gasteiger partial charge in [-0.1, -0.05) is 58.9 Å². The fourth-order valence-corrected chi connectivity index (χ4v) is 4.59. The van der Waals surface area contributed by atoms with Gasteiger partial charge in [0, 0.05) is 28.9 Å². The Bertz CT molecular complexity index is 1180. The molecule has 0 bridgehead atoms. The number of carbonyl (C=O) groups is 1. The predicted octanol–water partition coefficient (Wildman–Crippen LogP) is 7.76. The van der Waals surface area contributed by atoms with Crippen LogP contribution in [0.25, 0.3) is 11.3 Å². The molecule has 0 saturated heterocycles. The van der Waals surface area contributed by atoms with Crippen molar-refractivity contribution >= 4 is 28.1 Å². The quantitative estimate of drug-likeness (QED) is 0.168. The van der Waals surface area contributed by atoms with Crippen molar-refractivity contribution in [1.82, 2.24) is 9.97 Å². The molecule has 3 N–H and O–H groups in total. The van der Waals surface area contributed by atoms with Crippen molar-refractivity contribution in [3.8, 4) is 17.1 Å². The summed E-state index contributed by atoms with van der Waals surface area (Å²) in [5.74, 6) is -0.493. The number of unbranched alkanes of at least 4 members (excludes halogenated alkanes) is 5. The summed E-state index contributed by atoms with van der Waals surface area (Å²) in [4.78, 5) is 20.6. The molecule has 2 aromatic heterocycles. The van der Waals surface area contributed by atoms with Crippen LogP contribution in [0.4, 0.5) is 24.0 Å². The Labute approximate surface area is 225 Å². The molecule has 1 unspecified atom stereocenters. The van der Waals surface area contributed by atoms with E-state index in [1.54, 1.807) is 29.6 Å². The number of nitrogens with two attached hydrogens (primary N) is 1.